The van der Waals surface area contributed by atoms with Gasteiger partial charge in [0.1, 0.15) is 11.5 Å². The Morgan fingerprint density at radius 3 is 2.22 bits per heavy atom. The zero-order valence-electron chi connectivity index (χ0n) is 11.8. The Balaban J connectivity index is 2.64. The van der Waals surface area contributed by atoms with Crippen LogP contribution in [0.3, 0.4) is 0 Å². The molecule has 1 heterocycles. The van der Waals surface area contributed by atoms with Crippen molar-refractivity contribution >= 4 is 0 Å². The van der Waals surface area contributed by atoms with Crippen molar-refractivity contribution in [1.29, 1.82) is 0 Å². The van der Waals surface area contributed by atoms with Gasteiger partial charge in [0, 0.05) is 17.5 Å². The van der Waals surface area contributed by atoms with Crippen LogP contribution in [0, 0.1) is 20.8 Å². The number of phenols is 1. The first-order chi connectivity index (χ1) is 8.51. The fourth-order valence-corrected chi connectivity index (χ4v) is 2.56. The zero-order valence-corrected chi connectivity index (χ0v) is 11.8. The predicted octanol–water partition coefficient (Wildman–Crippen LogP) is 3.91. The number of rotatable bonds is 2. The van der Waals surface area contributed by atoms with Gasteiger partial charge in [-0.3, -0.25) is 0 Å². The van der Waals surface area contributed by atoms with E-state index in [0.29, 0.717) is 5.75 Å². The number of hydrogen-bond acceptors (Lipinski definition) is 3. The maximum absolute atomic E-state index is 10.2. The summed E-state index contributed by atoms with van der Waals surface area (Å²) in [5, 5.41) is 10.2. The molecule has 0 aromatic heterocycles. The first-order valence-corrected chi connectivity index (χ1v) is 6.65. The highest BCUT2D eigenvalue weighted by atomic mass is 16.7. The predicted molar refractivity (Wildman–Crippen MR) is 71.1 cm³/mol. The van der Waals surface area contributed by atoms with E-state index in [0.717, 1.165) is 40.8 Å². The molecule has 0 amide bonds. The lowest BCUT2D eigenvalue weighted by Crippen LogP contribution is -2.29. The second-order valence-corrected chi connectivity index (χ2v) is 4.96. The molecule has 1 aromatic rings. The van der Waals surface area contributed by atoms with E-state index < -0.39 is 0 Å². The third-order valence-electron chi connectivity index (χ3n) is 3.85. The minimum Gasteiger partial charge on any atom is -0.507 e. The van der Waals surface area contributed by atoms with Crippen LogP contribution in [-0.2, 0) is 4.74 Å². The second kappa shape index (κ2) is 4.81. The topological polar surface area (TPSA) is 38.7 Å². The SMILES string of the molecule is CC[C@@H]1Oc2c(C)c(C)c(O)c(C)c2[C@@H](CC)O1. The maximum Gasteiger partial charge on any atom is 0.200 e. The molecule has 0 saturated heterocycles. The summed E-state index contributed by atoms with van der Waals surface area (Å²) < 4.78 is 11.8. The summed E-state index contributed by atoms with van der Waals surface area (Å²) in [4.78, 5) is 0. The molecule has 3 nitrogen and oxygen atoms in total. The molecule has 0 saturated carbocycles. The Morgan fingerprint density at radius 2 is 1.67 bits per heavy atom. The summed E-state index contributed by atoms with van der Waals surface area (Å²) in [5.74, 6) is 1.28. The van der Waals surface area contributed by atoms with E-state index >= 15 is 0 Å². The van der Waals surface area contributed by atoms with Gasteiger partial charge in [-0.05, 0) is 38.3 Å². The molecule has 0 fully saturated rings. The first-order valence-electron chi connectivity index (χ1n) is 6.65. The van der Waals surface area contributed by atoms with Gasteiger partial charge < -0.3 is 14.6 Å². The molecule has 3 heteroatoms. The molecule has 1 N–H and O–H groups in total. The Labute approximate surface area is 109 Å². The average Bonchev–Trinajstić information content (AvgIpc) is 2.41. The highest BCUT2D eigenvalue weighted by molar-refractivity contribution is 5.58. The van der Waals surface area contributed by atoms with Gasteiger partial charge in [0.15, 0.2) is 6.29 Å². The Hall–Kier alpha value is -1.22. The molecule has 0 radical (unpaired) electrons. The molecule has 1 aliphatic heterocycles. The minimum atomic E-state index is -0.176. The lowest BCUT2D eigenvalue weighted by Gasteiger charge is -2.34. The molecule has 0 spiro atoms. The van der Waals surface area contributed by atoms with Crippen LogP contribution in [0.5, 0.6) is 11.5 Å². The van der Waals surface area contributed by atoms with Crippen molar-refractivity contribution in [2.24, 2.45) is 0 Å². The Bertz CT molecular complexity index is 466. The highest BCUT2D eigenvalue weighted by Gasteiger charge is 2.31. The second-order valence-electron chi connectivity index (χ2n) is 4.96. The van der Waals surface area contributed by atoms with E-state index in [4.69, 9.17) is 9.47 Å². The summed E-state index contributed by atoms with van der Waals surface area (Å²) in [6, 6.07) is 0. The number of fused-ring (bicyclic) bond motifs is 1. The van der Waals surface area contributed by atoms with Gasteiger partial charge in [-0.25, -0.2) is 0 Å². The standard InChI is InChI=1S/C15H22O3/c1-6-11-13-10(5)14(16)8(3)9(4)15(13)18-12(7-2)17-11/h11-12,16H,6-7H2,1-5H3/t11-,12+/m1/s1. The van der Waals surface area contributed by atoms with Crippen molar-refractivity contribution in [2.45, 2.75) is 59.9 Å². The van der Waals surface area contributed by atoms with E-state index in [1.54, 1.807) is 0 Å². The average molecular weight is 250 g/mol. The summed E-state index contributed by atoms with van der Waals surface area (Å²) in [6.07, 6.45) is 1.55. The Kier molecular flexibility index (Phi) is 3.53. The molecule has 18 heavy (non-hydrogen) atoms. The largest absolute Gasteiger partial charge is 0.507 e. The van der Waals surface area contributed by atoms with Crippen molar-refractivity contribution in [3.63, 3.8) is 0 Å². The molecular formula is C15H22O3. The number of benzene rings is 1. The lowest BCUT2D eigenvalue weighted by atomic mass is 9.92. The van der Waals surface area contributed by atoms with Crippen LogP contribution < -0.4 is 4.74 Å². The fourth-order valence-electron chi connectivity index (χ4n) is 2.56. The number of phenolic OH excluding ortho intramolecular Hbond substituents is 1. The van der Waals surface area contributed by atoms with E-state index in [2.05, 4.69) is 13.8 Å². The van der Waals surface area contributed by atoms with Crippen molar-refractivity contribution in [1.82, 2.24) is 0 Å². The van der Waals surface area contributed by atoms with E-state index in [1.807, 2.05) is 20.8 Å². The quantitative estimate of drug-likeness (QED) is 0.864. The minimum absolute atomic E-state index is 0.0175. The number of ether oxygens (including phenoxy) is 2. The fraction of sp³-hybridized carbons (Fsp3) is 0.600. The van der Waals surface area contributed by atoms with Crippen molar-refractivity contribution < 1.29 is 14.6 Å². The van der Waals surface area contributed by atoms with E-state index in [1.165, 1.54) is 0 Å². The molecule has 2 rings (SSSR count). The third kappa shape index (κ3) is 1.87. The summed E-state index contributed by atoms with van der Waals surface area (Å²) in [7, 11) is 0. The van der Waals surface area contributed by atoms with E-state index in [9.17, 15) is 5.11 Å². The molecule has 1 aliphatic rings. The number of aromatic hydroxyl groups is 1. The van der Waals surface area contributed by atoms with Crippen LogP contribution in [0.4, 0.5) is 0 Å². The molecule has 0 aliphatic carbocycles. The van der Waals surface area contributed by atoms with Gasteiger partial charge in [-0.1, -0.05) is 13.8 Å². The third-order valence-corrected chi connectivity index (χ3v) is 3.85. The smallest absolute Gasteiger partial charge is 0.200 e. The van der Waals surface area contributed by atoms with Gasteiger partial charge >= 0.3 is 0 Å². The van der Waals surface area contributed by atoms with Crippen LogP contribution in [0.2, 0.25) is 0 Å². The van der Waals surface area contributed by atoms with Crippen LogP contribution in [0.1, 0.15) is 55.0 Å². The van der Waals surface area contributed by atoms with Crippen molar-refractivity contribution in [3.8, 4) is 11.5 Å². The molecule has 2 atom stereocenters. The number of hydrogen-bond donors (Lipinski definition) is 1. The summed E-state index contributed by atoms with van der Waals surface area (Å²) in [5.41, 5.74) is 3.82. The molecular weight excluding hydrogens is 228 g/mol. The molecule has 0 bridgehead atoms. The van der Waals surface area contributed by atoms with Crippen LogP contribution in [0.15, 0.2) is 0 Å². The lowest BCUT2D eigenvalue weighted by molar-refractivity contribution is -0.142. The molecule has 100 valence electrons. The highest BCUT2D eigenvalue weighted by Crippen LogP contribution is 2.45. The normalized spacial score (nSPS) is 22.5. The van der Waals surface area contributed by atoms with Crippen LogP contribution in [-0.4, -0.2) is 11.4 Å². The van der Waals surface area contributed by atoms with Gasteiger partial charge in [-0.15, -0.1) is 0 Å². The van der Waals surface area contributed by atoms with E-state index in [-0.39, 0.29) is 12.4 Å². The summed E-state index contributed by atoms with van der Waals surface area (Å²) >= 11 is 0. The van der Waals surface area contributed by atoms with Gasteiger partial charge in [0.05, 0.1) is 6.10 Å². The van der Waals surface area contributed by atoms with Gasteiger partial charge in [0.25, 0.3) is 0 Å². The van der Waals surface area contributed by atoms with Gasteiger partial charge in [-0.2, -0.15) is 0 Å². The maximum atomic E-state index is 10.2. The van der Waals surface area contributed by atoms with Crippen LogP contribution >= 0.6 is 0 Å². The van der Waals surface area contributed by atoms with Crippen LogP contribution in [0.25, 0.3) is 0 Å². The van der Waals surface area contributed by atoms with Crippen molar-refractivity contribution in [2.75, 3.05) is 0 Å². The first kappa shape index (κ1) is 13.2. The Morgan fingerprint density at radius 1 is 1.00 bits per heavy atom. The monoisotopic (exact) mass is 250 g/mol. The zero-order chi connectivity index (χ0) is 13.4. The summed E-state index contributed by atoms with van der Waals surface area (Å²) in [6.45, 7) is 10.0. The van der Waals surface area contributed by atoms with Crippen molar-refractivity contribution in [3.05, 3.63) is 22.3 Å². The molecule has 0 unspecified atom stereocenters. The molecule has 1 aromatic carbocycles. The van der Waals surface area contributed by atoms with Gasteiger partial charge in [0.2, 0.25) is 0 Å².